The Kier molecular flexibility index (Phi) is 6.04. The smallest absolute Gasteiger partial charge is 0.420 e. The highest BCUT2D eigenvalue weighted by atomic mass is 19.4. The van der Waals surface area contributed by atoms with E-state index in [9.17, 15) is 31.5 Å². The van der Waals surface area contributed by atoms with Crippen LogP contribution in [-0.4, -0.2) is 36.4 Å². The highest BCUT2D eigenvalue weighted by molar-refractivity contribution is 5.93. The van der Waals surface area contributed by atoms with Crippen LogP contribution >= 0.6 is 0 Å². The number of hydrogen-bond donors (Lipinski definition) is 1. The summed E-state index contributed by atoms with van der Waals surface area (Å²) in [4.78, 5) is 25.2. The lowest BCUT2D eigenvalue weighted by atomic mass is 9.97. The topological polar surface area (TPSA) is 58.6 Å². The van der Waals surface area contributed by atoms with Crippen molar-refractivity contribution in [1.29, 1.82) is 0 Å². The van der Waals surface area contributed by atoms with Gasteiger partial charge < -0.3 is 15.0 Å². The van der Waals surface area contributed by atoms with E-state index < -0.39 is 35.9 Å². The molecule has 1 aliphatic heterocycles. The molecule has 1 aromatic carbocycles. The Labute approximate surface area is 146 Å². The standard InChI is InChI=1S/C16H17F5N2O3/c1-9(24)23-6-2-3-10(8-23)14(25)22-11-4-5-13(26-15(17)18)12(7-11)16(19,20)21/h4-5,7,10,15H,2-3,6,8H2,1H3,(H,22,25)/t10-/m1/s1. The molecule has 144 valence electrons. The molecule has 1 heterocycles. The Morgan fingerprint density at radius 3 is 2.58 bits per heavy atom. The van der Waals surface area contributed by atoms with Crippen molar-refractivity contribution in [3.8, 4) is 5.75 Å². The number of hydrogen-bond acceptors (Lipinski definition) is 3. The van der Waals surface area contributed by atoms with Gasteiger partial charge >= 0.3 is 12.8 Å². The number of likely N-dealkylation sites (tertiary alicyclic amines) is 1. The van der Waals surface area contributed by atoms with Gasteiger partial charge in [-0.05, 0) is 31.0 Å². The van der Waals surface area contributed by atoms with Crippen molar-refractivity contribution in [3.63, 3.8) is 0 Å². The van der Waals surface area contributed by atoms with E-state index in [1.807, 2.05) is 0 Å². The van der Waals surface area contributed by atoms with E-state index in [0.717, 1.165) is 12.1 Å². The fourth-order valence-corrected chi connectivity index (χ4v) is 2.75. The number of rotatable bonds is 4. The van der Waals surface area contributed by atoms with E-state index in [0.29, 0.717) is 25.5 Å². The Balaban J connectivity index is 2.16. The van der Waals surface area contributed by atoms with E-state index in [4.69, 9.17) is 0 Å². The second kappa shape index (κ2) is 7.88. The van der Waals surface area contributed by atoms with Crippen molar-refractivity contribution in [1.82, 2.24) is 4.90 Å². The number of anilines is 1. The molecule has 0 spiro atoms. The van der Waals surface area contributed by atoms with Gasteiger partial charge in [0.05, 0.1) is 11.5 Å². The quantitative estimate of drug-likeness (QED) is 0.814. The first-order valence-corrected chi connectivity index (χ1v) is 7.80. The summed E-state index contributed by atoms with van der Waals surface area (Å²) >= 11 is 0. The first kappa shape index (κ1) is 19.9. The third-order valence-corrected chi connectivity index (χ3v) is 4.01. The molecule has 26 heavy (non-hydrogen) atoms. The number of carbonyl (C=O) groups excluding carboxylic acids is 2. The first-order chi connectivity index (χ1) is 12.1. The van der Waals surface area contributed by atoms with Gasteiger partial charge in [0.15, 0.2) is 0 Å². The van der Waals surface area contributed by atoms with E-state index in [-0.39, 0.29) is 18.1 Å². The molecule has 0 bridgehead atoms. The molecule has 0 aliphatic carbocycles. The van der Waals surface area contributed by atoms with Crippen LogP contribution in [-0.2, 0) is 15.8 Å². The lowest BCUT2D eigenvalue weighted by Gasteiger charge is -2.31. The van der Waals surface area contributed by atoms with Gasteiger partial charge in [0.2, 0.25) is 11.8 Å². The zero-order chi connectivity index (χ0) is 19.5. The maximum absolute atomic E-state index is 13.0. The molecule has 2 rings (SSSR count). The van der Waals surface area contributed by atoms with E-state index >= 15 is 0 Å². The lowest BCUT2D eigenvalue weighted by molar-refractivity contribution is -0.142. The first-order valence-electron chi connectivity index (χ1n) is 7.80. The molecule has 0 unspecified atom stereocenters. The molecule has 0 saturated carbocycles. The zero-order valence-corrected chi connectivity index (χ0v) is 13.8. The number of alkyl halides is 5. The van der Waals surface area contributed by atoms with Crippen LogP contribution in [0.15, 0.2) is 18.2 Å². The molecule has 0 aromatic heterocycles. The van der Waals surface area contributed by atoms with Gasteiger partial charge in [-0.2, -0.15) is 22.0 Å². The van der Waals surface area contributed by atoms with Gasteiger partial charge in [-0.25, -0.2) is 0 Å². The molecule has 1 aliphatic rings. The van der Waals surface area contributed by atoms with Crippen LogP contribution in [0.3, 0.4) is 0 Å². The molecule has 10 heteroatoms. The Morgan fingerprint density at radius 1 is 1.31 bits per heavy atom. The maximum atomic E-state index is 13.0. The number of benzene rings is 1. The summed E-state index contributed by atoms with van der Waals surface area (Å²) in [6.07, 6.45) is -3.83. The van der Waals surface area contributed by atoms with E-state index in [2.05, 4.69) is 10.1 Å². The van der Waals surface area contributed by atoms with Gasteiger partial charge in [-0.15, -0.1) is 0 Å². The van der Waals surface area contributed by atoms with Crippen molar-refractivity contribution in [3.05, 3.63) is 23.8 Å². The normalized spacial score (nSPS) is 18.0. The SMILES string of the molecule is CC(=O)N1CCC[C@@H](C(=O)Nc2ccc(OC(F)F)c(C(F)(F)F)c2)C1. The predicted octanol–water partition coefficient (Wildman–Crippen LogP) is 3.50. The van der Waals surface area contributed by atoms with Crippen molar-refractivity contribution in [2.75, 3.05) is 18.4 Å². The van der Waals surface area contributed by atoms with Crippen LogP contribution in [0.4, 0.5) is 27.6 Å². The summed E-state index contributed by atoms with van der Waals surface area (Å²) in [5.41, 5.74) is -1.60. The molecule has 1 atom stereocenters. The van der Waals surface area contributed by atoms with Crippen molar-refractivity contribution in [2.24, 2.45) is 5.92 Å². The monoisotopic (exact) mass is 380 g/mol. The molecule has 1 saturated heterocycles. The molecular formula is C16H17F5N2O3. The number of halogens is 5. The summed E-state index contributed by atoms with van der Waals surface area (Å²) in [6, 6.07) is 2.32. The second-order valence-electron chi connectivity index (χ2n) is 5.88. The van der Waals surface area contributed by atoms with Gasteiger partial charge in [0.1, 0.15) is 5.75 Å². The number of ether oxygens (including phenoxy) is 1. The minimum atomic E-state index is -4.93. The van der Waals surface area contributed by atoms with Gasteiger partial charge in [-0.3, -0.25) is 9.59 Å². The van der Waals surface area contributed by atoms with Crippen LogP contribution in [0.2, 0.25) is 0 Å². The minimum absolute atomic E-state index is 0.180. The summed E-state index contributed by atoms with van der Waals surface area (Å²) in [5, 5.41) is 2.34. The van der Waals surface area contributed by atoms with Crippen molar-refractivity contribution >= 4 is 17.5 Å². The van der Waals surface area contributed by atoms with Crippen LogP contribution in [0.5, 0.6) is 5.75 Å². The molecule has 1 aromatic rings. The number of nitrogens with zero attached hydrogens (tertiary/aromatic N) is 1. The zero-order valence-electron chi connectivity index (χ0n) is 13.8. The van der Waals surface area contributed by atoms with Crippen molar-refractivity contribution < 1.29 is 36.3 Å². The minimum Gasteiger partial charge on any atom is -0.434 e. The summed E-state index contributed by atoms with van der Waals surface area (Å²) in [7, 11) is 0. The average molecular weight is 380 g/mol. The molecule has 0 radical (unpaired) electrons. The highest BCUT2D eigenvalue weighted by Gasteiger charge is 2.36. The van der Waals surface area contributed by atoms with Crippen LogP contribution < -0.4 is 10.1 Å². The third-order valence-electron chi connectivity index (χ3n) is 4.01. The second-order valence-corrected chi connectivity index (χ2v) is 5.88. The number of piperidine rings is 1. The lowest BCUT2D eigenvalue weighted by Crippen LogP contribution is -2.42. The van der Waals surface area contributed by atoms with Crippen LogP contribution in [0, 0.1) is 5.92 Å². The average Bonchev–Trinajstić information content (AvgIpc) is 2.54. The Bertz CT molecular complexity index is 678. The molecular weight excluding hydrogens is 363 g/mol. The Hall–Kier alpha value is -2.39. The summed E-state index contributed by atoms with van der Waals surface area (Å²) in [6.45, 7) is -1.33. The largest absolute Gasteiger partial charge is 0.434 e. The maximum Gasteiger partial charge on any atom is 0.420 e. The molecule has 1 fully saturated rings. The van der Waals surface area contributed by atoms with Crippen LogP contribution in [0.25, 0.3) is 0 Å². The van der Waals surface area contributed by atoms with Gasteiger partial charge in [0.25, 0.3) is 0 Å². The fourth-order valence-electron chi connectivity index (χ4n) is 2.75. The predicted molar refractivity (Wildman–Crippen MR) is 81.7 cm³/mol. The Morgan fingerprint density at radius 2 is 2.00 bits per heavy atom. The highest BCUT2D eigenvalue weighted by Crippen LogP contribution is 2.38. The van der Waals surface area contributed by atoms with Gasteiger partial charge in [-0.1, -0.05) is 0 Å². The third kappa shape index (κ3) is 5.06. The summed E-state index contributed by atoms with van der Waals surface area (Å²) < 4.78 is 67.5. The molecule has 2 amide bonds. The fraction of sp³-hybridized carbons (Fsp3) is 0.500. The van der Waals surface area contributed by atoms with E-state index in [1.54, 1.807) is 0 Å². The molecule has 5 nitrogen and oxygen atoms in total. The molecule has 1 N–H and O–H groups in total. The number of nitrogens with one attached hydrogen (secondary N) is 1. The number of amides is 2. The van der Waals surface area contributed by atoms with Crippen LogP contribution in [0.1, 0.15) is 25.3 Å². The van der Waals surface area contributed by atoms with E-state index in [1.165, 1.54) is 11.8 Å². The number of carbonyl (C=O) groups is 2. The summed E-state index contributed by atoms with van der Waals surface area (Å²) in [5.74, 6) is -2.30. The van der Waals surface area contributed by atoms with Gasteiger partial charge in [0, 0.05) is 25.7 Å². The van der Waals surface area contributed by atoms with Crippen molar-refractivity contribution in [2.45, 2.75) is 32.6 Å².